The number of hydrogen-bond acceptors (Lipinski definition) is 6. The Kier molecular flexibility index (Phi) is 6.16. The normalized spacial score (nSPS) is 15.2. The molecule has 7 heteroatoms. The van der Waals surface area contributed by atoms with Crippen molar-refractivity contribution in [2.45, 2.75) is 32.5 Å². The van der Waals surface area contributed by atoms with Gasteiger partial charge in [-0.25, -0.2) is 0 Å². The first-order valence-corrected chi connectivity index (χ1v) is 7.88. The molecule has 1 N–H and O–H groups in total. The lowest BCUT2D eigenvalue weighted by Gasteiger charge is -2.30. The standard InChI is InChI=1S/C17H24N2O5/c1-11(19(3)12(2)18-16(20)7-8-22-4)17(21)13-5-6-14-15(9-13)24-10-23-14/h5-6,9,11-12H,7-8,10H2,1-4H3,(H,18,20). The van der Waals surface area contributed by atoms with Crippen molar-refractivity contribution in [3.8, 4) is 11.5 Å². The molecule has 2 atom stereocenters. The fourth-order valence-corrected chi connectivity index (χ4v) is 2.41. The van der Waals surface area contributed by atoms with Crippen molar-refractivity contribution in [3.63, 3.8) is 0 Å². The Morgan fingerprint density at radius 2 is 2.00 bits per heavy atom. The molecule has 0 radical (unpaired) electrons. The molecule has 7 nitrogen and oxygen atoms in total. The minimum atomic E-state index is -0.400. The lowest BCUT2D eigenvalue weighted by Crippen LogP contribution is -2.50. The van der Waals surface area contributed by atoms with Gasteiger partial charge in [-0.1, -0.05) is 0 Å². The highest BCUT2D eigenvalue weighted by molar-refractivity contribution is 6.00. The predicted octanol–water partition coefficient (Wildman–Crippen LogP) is 1.42. The second-order valence-electron chi connectivity index (χ2n) is 5.76. The van der Waals surface area contributed by atoms with Gasteiger partial charge in [-0.15, -0.1) is 0 Å². The van der Waals surface area contributed by atoms with Gasteiger partial charge in [0.1, 0.15) is 0 Å². The lowest BCUT2D eigenvalue weighted by atomic mass is 10.0. The molecule has 2 rings (SSSR count). The maximum Gasteiger partial charge on any atom is 0.231 e. The van der Waals surface area contributed by atoms with Crippen molar-refractivity contribution in [2.24, 2.45) is 0 Å². The number of methoxy groups -OCH3 is 1. The number of nitrogens with one attached hydrogen (secondary N) is 1. The van der Waals surface area contributed by atoms with Gasteiger partial charge >= 0.3 is 0 Å². The van der Waals surface area contributed by atoms with Gasteiger partial charge in [-0.05, 0) is 39.1 Å². The van der Waals surface area contributed by atoms with Crippen LogP contribution < -0.4 is 14.8 Å². The fourth-order valence-electron chi connectivity index (χ4n) is 2.41. The zero-order valence-electron chi connectivity index (χ0n) is 14.5. The van der Waals surface area contributed by atoms with Crippen LogP contribution >= 0.6 is 0 Å². The summed E-state index contributed by atoms with van der Waals surface area (Å²) < 4.78 is 15.4. The summed E-state index contributed by atoms with van der Waals surface area (Å²) in [5, 5.41) is 2.85. The maximum absolute atomic E-state index is 12.7. The van der Waals surface area contributed by atoms with Gasteiger partial charge in [-0.3, -0.25) is 14.5 Å². The molecule has 1 aliphatic rings. The average Bonchev–Trinajstić information content (AvgIpc) is 3.05. The zero-order valence-corrected chi connectivity index (χ0v) is 14.5. The second-order valence-corrected chi connectivity index (χ2v) is 5.76. The molecular formula is C17H24N2O5. The molecular weight excluding hydrogens is 312 g/mol. The first-order valence-electron chi connectivity index (χ1n) is 7.88. The van der Waals surface area contributed by atoms with Crippen LogP contribution in [0.5, 0.6) is 11.5 Å². The van der Waals surface area contributed by atoms with Crippen molar-refractivity contribution in [1.82, 2.24) is 10.2 Å². The summed E-state index contributed by atoms with van der Waals surface area (Å²) in [7, 11) is 3.35. The Balaban J connectivity index is 1.97. The molecule has 0 spiro atoms. The van der Waals surface area contributed by atoms with Crippen molar-refractivity contribution in [3.05, 3.63) is 23.8 Å². The smallest absolute Gasteiger partial charge is 0.231 e. The Labute approximate surface area is 141 Å². The number of nitrogens with zero attached hydrogens (tertiary/aromatic N) is 1. The molecule has 0 bridgehead atoms. The predicted molar refractivity (Wildman–Crippen MR) is 88.2 cm³/mol. The number of hydrogen-bond donors (Lipinski definition) is 1. The van der Waals surface area contributed by atoms with Gasteiger partial charge in [-0.2, -0.15) is 0 Å². The maximum atomic E-state index is 12.7. The van der Waals surface area contributed by atoms with Crippen LogP contribution in [0.1, 0.15) is 30.6 Å². The highest BCUT2D eigenvalue weighted by Crippen LogP contribution is 2.33. The van der Waals surface area contributed by atoms with Crippen molar-refractivity contribution < 1.29 is 23.8 Å². The number of carbonyl (C=O) groups is 2. The van der Waals surface area contributed by atoms with E-state index in [2.05, 4.69) is 5.32 Å². The van der Waals surface area contributed by atoms with E-state index in [1.807, 2.05) is 18.7 Å². The molecule has 1 aromatic rings. The largest absolute Gasteiger partial charge is 0.454 e. The molecule has 2 unspecified atom stereocenters. The molecule has 1 aromatic carbocycles. The van der Waals surface area contributed by atoms with E-state index < -0.39 is 6.04 Å². The van der Waals surface area contributed by atoms with Crippen LogP contribution in [0.2, 0.25) is 0 Å². The summed E-state index contributed by atoms with van der Waals surface area (Å²) >= 11 is 0. The molecule has 0 aromatic heterocycles. The third-order valence-corrected chi connectivity index (χ3v) is 4.16. The zero-order chi connectivity index (χ0) is 17.7. The van der Waals surface area contributed by atoms with Gasteiger partial charge in [0.05, 0.1) is 18.8 Å². The molecule has 0 fully saturated rings. The summed E-state index contributed by atoms with van der Waals surface area (Å²) in [5.74, 6) is 1.07. The topological polar surface area (TPSA) is 77.1 Å². The van der Waals surface area contributed by atoms with Crippen LogP contribution in [0.15, 0.2) is 18.2 Å². The number of amides is 1. The molecule has 1 aliphatic heterocycles. The monoisotopic (exact) mass is 336 g/mol. The van der Waals surface area contributed by atoms with Crippen LogP contribution in [0.3, 0.4) is 0 Å². The minimum absolute atomic E-state index is 0.0474. The summed E-state index contributed by atoms with van der Waals surface area (Å²) in [6.45, 7) is 4.19. The average molecular weight is 336 g/mol. The Morgan fingerprint density at radius 1 is 1.29 bits per heavy atom. The molecule has 0 aliphatic carbocycles. The van der Waals surface area contributed by atoms with Crippen LogP contribution in [0.4, 0.5) is 0 Å². The van der Waals surface area contributed by atoms with Gasteiger partial charge in [0.2, 0.25) is 12.7 Å². The van der Waals surface area contributed by atoms with E-state index in [0.29, 0.717) is 30.1 Å². The molecule has 1 heterocycles. The van der Waals surface area contributed by atoms with Crippen LogP contribution in [0.25, 0.3) is 0 Å². The molecule has 0 saturated heterocycles. The number of ketones is 1. The minimum Gasteiger partial charge on any atom is -0.454 e. The van der Waals surface area contributed by atoms with Crippen LogP contribution in [-0.4, -0.2) is 56.4 Å². The van der Waals surface area contributed by atoms with Crippen LogP contribution in [-0.2, 0) is 9.53 Å². The molecule has 132 valence electrons. The molecule has 0 saturated carbocycles. The Hall–Kier alpha value is -2.12. The summed E-state index contributed by atoms with van der Waals surface area (Å²) in [6.07, 6.45) is 0.0152. The Morgan fingerprint density at radius 3 is 2.71 bits per heavy atom. The van der Waals surface area contributed by atoms with Gasteiger partial charge < -0.3 is 19.5 Å². The van der Waals surface area contributed by atoms with Crippen LogP contribution in [0, 0.1) is 0 Å². The summed E-state index contributed by atoms with van der Waals surface area (Å²) in [5.41, 5.74) is 0.552. The first kappa shape index (κ1) is 18.2. The van der Waals surface area contributed by atoms with Gasteiger partial charge in [0, 0.05) is 19.1 Å². The fraction of sp³-hybridized carbons (Fsp3) is 0.529. The van der Waals surface area contributed by atoms with E-state index in [9.17, 15) is 9.59 Å². The second kappa shape index (κ2) is 8.12. The van der Waals surface area contributed by atoms with Crippen molar-refractivity contribution in [1.29, 1.82) is 0 Å². The van der Waals surface area contributed by atoms with E-state index in [0.717, 1.165) is 0 Å². The first-order chi connectivity index (χ1) is 11.4. The summed E-state index contributed by atoms with van der Waals surface area (Å²) in [4.78, 5) is 26.3. The molecule has 24 heavy (non-hydrogen) atoms. The van der Waals surface area contributed by atoms with E-state index in [4.69, 9.17) is 14.2 Å². The van der Waals surface area contributed by atoms with E-state index >= 15 is 0 Å². The number of carbonyl (C=O) groups excluding carboxylic acids is 2. The number of likely N-dealkylation sites (N-methyl/N-ethyl adjacent to an activating group) is 1. The van der Waals surface area contributed by atoms with Gasteiger partial charge in [0.15, 0.2) is 17.3 Å². The number of ether oxygens (including phenoxy) is 3. The highest BCUT2D eigenvalue weighted by Gasteiger charge is 2.25. The number of rotatable bonds is 8. The van der Waals surface area contributed by atoms with Crippen molar-refractivity contribution in [2.75, 3.05) is 27.6 Å². The van der Waals surface area contributed by atoms with E-state index in [1.54, 1.807) is 32.4 Å². The SMILES string of the molecule is COCCC(=O)NC(C)N(C)C(C)C(=O)c1ccc2c(c1)OCO2. The lowest BCUT2D eigenvalue weighted by molar-refractivity contribution is -0.123. The van der Waals surface area contributed by atoms with Gasteiger partial charge in [0.25, 0.3) is 0 Å². The Bertz CT molecular complexity index is 605. The molecule has 1 amide bonds. The van der Waals surface area contributed by atoms with Crippen molar-refractivity contribution >= 4 is 11.7 Å². The number of Topliss-reactive ketones (excluding diaryl/α,β-unsaturated/α-hetero) is 1. The third kappa shape index (κ3) is 4.24. The quantitative estimate of drug-likeness (QED) is 0.571. The number of benzene rings is 1. The third-order valence-electron chi connectivity index (χ3n) is 4.16. The summed E-state index contributed by atoms with van der Waals surface area (Å²) in [6, 6.07) is 4.75. The van der Waals surface area contributed by atoms with E-state index in [-0.39, 0.29) is 24.6 Å². The highest BCUT2D eigenvalue weighted by atomic mass is 16.7. The number of fused-ring (bicyclic) bond motifs is 1. The van der Waals surface area contributed by atoms with E-state index in [1.165, 1.54) is 0 Å².